The average molecular weight is 197 g/mol. The predicted molar refractivity (Wildman–Crippen MR) is 48.1 cm³/mol. The zero-order valence-electron chi connectivity index (χ0n) is 7.90. The summed E-state index contributed by atoms with van der Waals surface area (Å²) in [6, 6.07) is 1.52. The lowest BCUT2D eigenvalue weighted by Crippen LogP contribution is -2.46. The van der Waals surface area contributed by atoms with Gasteiger partial charge >= 0.3 is 0 Å². The second-order valence-corrected chi connectivity index (χ2v) is 3.65. The Morgan fingerprint density at radius 1 is 1.64 bits per heavy atom. The molecule has 0 aromatic carbocycles. The Morgan fingerprint density at radius 3 is 2.93 bits per heavy atom. The van der Waals surface area contributed by atoms with Crippen LogP contribution in [-0.4, -0.2) is 23.3 Å². The van der Waals surface area contributed by atoms with Crippen LogP contribution in [0.1, 0.15) is 18.4 Å². The van der Waals surface area contributed by atoms with E-state index in [9.17, 15) is 9.50 Å². The van der Waals surface area contributed by atoms with Crippen molar-refractivity contribution in [2.45, 2.75) is 24.5 Å². The van der Waals surface area contributed by atoms with E-state index in [-0.39, 0.29) is 6.10 Å². The van der Waals surface area contributed by atoms with Gasteiger partial charge in [-0.05, 0) is 6.07 Å². The molecular formula is C10H12FNO2. The van der Waals surface area contributed by atoms with E-state index in [1.807, 2.05) is 0 Å². The zero-order valence-corrected chi connectivity index (χ0v) is 7.90. The smallest absolute Gasteiger partial charge is 0.147 e. The molecule has 1 N–H and O–H groups in total. The molecule has 1 aromatic heterocycles. The number of pyridine rings is 1. The molecule has 1 fully saturated rings. The molecule has 1 aromatic rings. The van der Waals surface area contributed by atoms with Crippen molar-refractivity contribution in [3.63, 3.8) is 0 Å². The normalized spacial score (nSPS) is 31.2. The molecule has 14 heavy (non-hydrogen) atoms. The van der Waals surface area contributed by atoms with E-state index in [1.54, 1.807) is 7.11 Å². The van der Waals surface area contributed by atoms with Crippen molar-refractivity contribution in [3.05, 3.63) is 29.8 Å². The fourth-order valence-corrected chi connectivity index (χ4v) is 1.83. The first-order valence-electron chi connectivity index (χ1n) is 4.51. The number of aliphatic hydroxyl groups is 1. The molecular weight excluding hydrogens is 185 g/mol. The van der Waals surface area contributed by atoms with Gasteiger partial charge in [-0.25, -0.2) is 4.39 Å². The van der Waals surface area contributed by atoms with Crippen molar-refractivity contribution in [2.24, 2.45) is 0 Å². The van der Waals surface area contributed by atoms with Crippen LogP contribution in [0.4, 0.5) is 4.39 Å². The van der Waals surface area contributed by atoms with Gasteiger partial charge in [-0.3, -0.25) is 4.98 Å². The largest absolute Gasteiger partial charge is 0.385 e. The van der Waals surface area contributed by atoms with Crippen molar-refractivity contribution in [1.82, 2.24) is 4.98 Å². The SMILES string of the molecule is COC1CC(O)(c2ccncc2F)C1. The van der Waals surface area contributed by atoms with Crippen LogP contribution < -0.4 is 0 Å². The molecule has 4 heteroatoms. The van der Waals surface area contributed by atoms with Crippen LogP contribution in [0.15, 0.2) is 18.5 Å². The Morgan fingerprint density at radius 2 is 2.36 bits per heavy atom. The van der Waals surface area contributed by atoms with Crippen molar-refractivity contribution in [3.8, 4) is 0 Å². The van der Waals surface area contributed by atoms with Crippen LogP contribution in [0.5, 0.6) is 0 Å². The number of hydrogen-bond acceptors (Lipinski definition) is 3. The van der Waals surface area contributed by atoms with Crippen molar-refractivity contribution >= 4 is 0 Å². The summed E-state index contributed by atoms with van der Waals surface area (Å²) in [4.78, 5) is 3.64. The predicted octanol–water partition coefficient (Wildman–Crippen LogP) is 1.22. The van der Waals surface area contributed by atoms with Gasteiger partial charge in [0.25, 0.3) is 0 Å². The van der Waals surface area contributed by atoms with Crippen LogP contribution in [0.2, 0.25) is 0 Å². The van der Waals surface area contributed by atoms with E-state index < -0.39 is 11.4 Å². The molecule has 0 saturated heterocycles. The summed E-state index contributed by atoms with van der Waals surface area (Å²) < 4.78 is 18.3. The topological polar surface area (TPSA) is 42.4 Å². The molecule has 0 bridgehead atoms. The molecule has 0 unspecified atom stereocenters. The molecule has 0 amide bonds. The summed E-state index contributed by atoms with van der Waals surface area (Å²) in [5.74, 6) is -0.454. The standard InChI is InChI=1S/C10H12FNO2/c1-14-7-4-10(13,5-7)8-2-3-12-6-9(8)11/h2-3,6-7,13H,4-5H2,1H3. The molecule has 76 valence electrons. The van der Waals surface area contributed by atoms with Gasteiger partial charge in [-0.1, -0.05) is 0 Å². The maximum absolute atomic E-state index is 13.3. The van der Waals surface area contributed by atoms with Crippen LogP contribution in [0.25, 0.3) is 0 Å². The van der Waals surface area contributed by atoms with Crippen LogP contribution in [0, 0.1) is 5.82 Å². The van der Waals surface area contributed by atoms with E-state index in [4.69, 9.17) is 4.74 Å². The second kappa shape index (κ2) is 3.29. The monoisotopic (exact) mass is 197 g/mol. The van der Waals surface area contributed by atoms with Gasteiger partial charge in [0.05, 0.1) is 17.9 Å². The number of rotatable bonds is 2. The lowest BCUT2D eigenvalue weighted by atomic mass is 9.73. The Kier molecular flexibility index (Phi) is 2.25. The third-order valence-electron chi connectivity index (χ3n) is 2.74. The Bertz CT molecular complexity index is 337. The molecule has 3 nitrogen and oxygen atoms in total. The molecule has 0 atom stereocenters. The van der Waals surface area contributed by atoms with Crippen molar-refractivity contribution in [2.75, 3.05) is 7.11 Å². The summed E-state index contributed by atoms with van der Waals surface area (Å²) in [5.41, 5.74) is -0.742. The highest BCUT2D eigenvalue weighted by Crippen LogP contribution is 2.43. The molecule has 1 aliphatic carbocycles. The summed E-state index contributed by atoms with van der Waals surface area (Å²) in [6.07, 6.45) is 3.53. The Hall–Kier alpha value is -1.00. The van der Waals surface area contributed by atoms with Crippen LogP contribution >= 0.6 is 0 Å². The van der Waals surface area contributed by atoms with Gasteiger partial charge in [0.2, 0.25) is 0 Å². The summed E-state index contributed by atoms with van der Waals surface area (Å²) in [5, 5.41) is 10.0. The molecule has 1 saturated carbocycles. The molecule has 0 spiro atoms. The van der Waals surface area contributed by atoms with E-state index in [0.29, 0.717) is 18.4 Å². The highest BCUT2D eigenvalue weighted by molar-refractivity contribution is 5.24. The van der Waals surface area contributed by atoms with Gasteiger partial charge in [0.15, 0.2) is 0 Å². The first-order chi connectivity index (χ1) is 6.65. The summed E-state index contributed by atoms with van der Waals surface area (Å²) in [7, 11) is 1.59. The van der Waals surface area contributed by atoms with Crippen molar-refractivity contribution < 1.29 is 14.2 Å². The summed E-state index contributed by atoms with van der Waals surface area (Å²) in [6.45, 7) is 0. The Balaban J connectivity index is 2.21. The minimum absolute atomic E-state index is 0.0348. The minimum atomic E-state index is -1.06. The van der Waals surface area contributed by atoms with E-state index in [1.165, 1.54) is 12.3 Å². The minimum Gasteiger partial charge on any atom is -0.385 e. The second-order valence-electron chi connectivity index (χ2n) is 3.65. The van der Waals surface area contributed by atoms with E-state index in [2.05, 4.69) is 4.98 Å². The zero-order chi connectivity index (χ0) is 10.2. The number of methoxy groups -OCH3 is 1. The quantitative estimate of drug-likeness (QED) is 0.775. The number of ether oxygens (including phenoxy) is 1. The van der Waals surface area contributed by atoms with Gasteiger partial charge < -0.3 is 9.84 Å². The van der Waals surface area contributed by atoms with Gasteiger partial charge in [0.1, 0.15) is 5.82 Å². The number of hydrogen-bond donors (Lipinski definition) is 1. The maximum atomic E-state index is 13.3. The summed E-state index contributed by atoms with van der Waals surface area (Å²) >= 11 is 0. The number of nitrogens with zero attached hydrogens (tertiary/aromatic N) is 1. The van der Waals surface area contributed by atoms with Crippen LogP contribution in [-0.2, 0) is 10.3 Å². The molecule has 2 rings (SSSR count). The first-order valence-corrected chi connectivity index (χ1v) is 4.51. The molecule has 0 radical (unpaired) electrons. The van der Waals surface area contributed by atoms with Gasteiger partial charge in [-0.15, -0.1) is 0 Å². The highest BCUT2D eigenvalue weighted by atomic mass is 19.1. The fraction of sp³-hybridized carbons (Fsp3) is 0.500. The van der Waals surface area contributed by atoms with Gasteiger partial charge in [0, 0.05) is 31.7 Å². The lowest BCUT2D eigenvalue weighted by molar-refractivity contribution is -0.134. The fourth-order valence-electron chi connectivity index (χ4n) is 1.83. The number of halogens is 1. The highest BCUT2D eigenvalue weighted by Gasteiger charge is 2.45. The van der Waals surface area contributed by atoms with Crippen LogP contribution in [0.3, 0.4) is 0 Å². The number of aromatic nitrogens is 1. The van der Waals surface area contributed by atoms with E-state index >= 15 is 0 Å². The van der Waals surface area contributed by atoms with E-state index in [0.717, 1.165) is 6.20 Å². The lowest BCUT2D eigenvalue weighted by Gasteiger charge is -2.42. The molecule has 0 aliphatic heterocycles. The first kappa shape index (κ1) is 9.55. The molecule has 1 heterocycles. The average Bonchev–Trinajstić information content (AvgIpc) is 2.13. The third kappa shape index (κ3) is 1.40. The van der Waals surface area contributed by atoms with Crippen molar-refractivity contribution in [1.29, 1.82) is 0 Å². The molecule has 1 aliphatic rings. The third-order valence-corrected chi connectivity index (χ3v) is 2.74. The Labute approximate surface area is 81.5 Å². The van der Waals surface area contributed by atoms with Gasteiger partial charge in [-0.2, -0.15) is 0 Å². The maximum Gasteiger partial charge on any atom is 0.147 e.